The van der Waals surface area contributed by atoms with Crippen molar-refractivity contribution in [2.45, 2.75) is 38.1 Å². The molecule has 2 amide bonds. The van der Waals surface area contributed by atoms with Crippen molar-refractivity contribution >= 4 is 34.1 Å². The summed E-state index contributed by atoms with van der Waals surface area (Å²) in [5.41, 5.74) is 0. The largest absolute Gasteiger partial charge is 0.339 e. The Bertz CT molecular complexity index is 367. The molecule has 2 rings (SSSR count). The van der Waals surface area contributed by atoms with Crippen molar-refractivity contribution in [1.29, 1.82) is 0 Å². The first kappa shape index (κ1) is 12.9. The summed E-state index contributed by atoms with van der Waals surface area (Å²) in [7, 11) is 1.68. The molecule has 7 heteroatoms. The molecule has 1 atom stereocenters. The molecule has 0 aromatic carbocycles. The van der Waals surface area contributed by atoms with E-state index in [0.29, 0.717) is 5.17 Å². The number of urea groups is 1. The predicted molar refractivity (Wildman–Crippen MR) is 71.0 cm³/mol. The first-order valence-electron chi connectivity index (χ1n) is 5.76. The fraction of sp³-hybridized carbons (Fsp3) is 0.800. The van der Waals surface area contributed by atoms with Crippen molar-refractivity contribution < 1.29 is 9.00 Å². The van der Waals surface area contributed by atoms with Crippen molar-refractivity contribution in [3.8, 4) is 0 Å². The van der Waals surface area contributed by atoms with Gasteiger partial charge in [0.15, 0.2) is 5.17 Å². The lowest BCUT2D eigenvalue weighted by molar-refractivity contribution is 0.186. The number of thioether (sulfide) groups is 1. The number of hydrogen-bond acceptors (Lipinski definition) is 3. The molecule has 0 radical (unpaired) electrons. The zero-order valence-electron chi connectivity index (χ0n) is 10.1. The van der Waals surface area contributed by atoms with Crippen molar-refractivity contribution in [3.63, 3.8) is 0 Å². The average molecular weight is 275 g/mol. The highest BCUT2D eigenvalue weighted by molar-refractivity contribution is 8.13. The third kappa shape index (κ3) is 2.49. The SMILES string of the molecule is CSC1=NS(=O)N(C2CCCCC2)C(=O)N1C. The quantitative estimate of drug-likeness (QED) is 0.735. The van der Waals surface area contributed by atoms with Gasteiger partial charge in [-0.05, 0) is 19.1 Å². The molecule has 96 valence electrons. The van der Waals surface area contributed by atoms with Crippen LogP contribution in [0.25, 0.3) is 0 Å². The van der Waals surface area contributed by atoms with E-state index >= 15 is 0 Å². The minimum absolute atomic E-state index is 0.0895. The van der Waals surface area contributed by atoms with Gasteiger partial charge in [0.1, 0.15) is 0 Å². The van der Waals surface area contributed by atoms with E-state index in [1.165, 1.54) is 27.4 Å². The lowest BCUT2D eigenvalue weighted by Gasteiger charge is -2.36. The summed E-state index contributed by atoms with van der Waals surface area (Å²) < 4.78 is 17.5. The lowest BCUT2D eigenvalue weighted by Crippen LogP contribution is -2.52. The van der Waals surface area contributed by atoms with E-state index in [-0.39, 0.29) is 12.1 Å². The molecule has 0 saturated heterocycles. The molecule has 1 unspecified atom stereocenters. The van der Waals surface area contributed by atoms with Gasteiger partial charge in [0.25, 0.3) is 11.2 Å². The summed E-state index contributed by atoms with van der Waals surface area (Å²) in [6.45, 7) is 0. The van der Waals surface area contributed by atoms with Crippen molar-refractivity contribution in [1.82, 2.24) is 9.21 Å². The van der Waals surface area contributed by atoms with Crippen molar-refractivity contribution in [2.75, 3.05) is 13.3 Å². The van der Waals surface area contributed by atoms with Gasteiger partial charge in [-0.2, -0.15) is 0 Å². The van der Waals surface area contributed by atoms with Crippen molar-refractivity contribution in [3.05, 3.63) is 0 Å². The monoisotopic (exact) mass is 275 g/mol. The molecule has 1 saturated carbocycles. The summed E-state index contributed by atoms with van der Waals surface area (Å²) in [6.07, 6.45) is 7.13. The van der Waals surface area contributed by atoms with Gasteiger partial charge in [-0.3, -0.25) is 4.90 Å². The summed E-state index contributed by atoms with van der Waals surface area (Å²) >= 11 is -0.202. The number of amidine groups is 1. The van der Waals surface area contributed by atoms with Gasteiger partial charge in [0.05, 0.1) is 0 Å². The third-order valence-corrected chi connectivity index (χ3v) is 5.14. The summed E-state index contributed by atoms with van der Waals surface area (Å²) in [4.78, 5) is 13.7. The number of rotatable bonds is 1. The summed E-state index contributed by atoms with van der Waals surface area (Å²) in [6, 6.07) is -0.0960. The standard InChI is InChI=1S/C10H17N3O2S2/c1-12-9(16-2)11-17(15)13(10(12)14)8-6-4-3-5-7-8/h8H,3-7H2,1-2H3. The minimum atomic E-state index is -1.55. The normalized spacial score (nSPS) is 27.3. The van der Waals surface area contributed by atoms with E-state index in [2.05, 4.69) is 4.40 Å². The number of carbonyl (C=O) groups excluding carboxylic acids is 1. The Morgan fingerprint density at radius 2 is 2.00 bits per heavy atom. The smallest absolute Gasteiger partial charge is 0.275 e. The van der Waals surface area contributed by atoms with Crippen LogP contribution in [0.15, 0.2) is 4.40 Å². The molecule has 0 aromatic heterocycles. The van der Waals surface area contributed by atoms with Gasteiger partial charge >= 0.3 is 6.03 Å². The van der Waals surface area contributed by atoms with Gasteiger partial charge in [0.2, 0.25) is 0 Å². The highest BCUT2D eigenvalue weighted by atomic mass is 32.2. The number of amides is 2. The fourth-order valence-corrected chi connectivity index (χ4v) is 4.15. The van der Waals surface area contributed by atoms with Crippen LogP contribution in [0.3, 0.4) is 0 Å². The molecule has 1 aliphatic heterocycles. The summed E-state index contributed by atoms with van der Waals surface area (Å²) in [5, 5.41) is 0.528. The number of nitrogens with zero attached hydrogens (tertiary/aromatic N) is 3. The molecule has 0 spiro atoms. The van der Waals surface area contributed by atoms with Crippen LogP contribution in [0.4, 0.5) is 4.79 Å². The highest BCUT2D eigenvalue weighted by Crippen LogP contribution is 2.27. The Hall–Kier alpha value is -0.560. The van der Waals surface area contributed by atoms with Crippen molar-refractivity contribution in [2.24, 2.45) is 4.40 Å². The van der Waals surface area contributed by atoms with Crippen LogP contribution in [0.1, 0.15) is 32.1 Å². The van der Waals surface area contributed by atoms with Crippen LogP contribution in [-0.4, -0.2) is 44.0 Å². The van der Waals surface area contributed by atoms with Gasteiger partial charge in [-0.15, -0.1) is 4.40 Å². The van der Waals surface area contributed by atoms with E-state index in [9.17, 15) is 9.00 Å². The zero-order chi connectivity index (χ0) is 12.4. The molecule has 1 aliphatic carbocycles. The molecule has 1 heterocycles. The molecule has 0 N–H and O–H groups in total. The molecule has 2 aliphatic rings. The Labute approximate surface area is 108 Å². The molecule has 17 heavy (non-hydrogen) atoms. The predicted octanol–water partition coefficient (Wildman–Crippen LogP) is 1.98. The van der Waals surface area contributed by atoms with Gasteiger partial charge in [-0.1, -0.05) is 31.0 Å². The molecule has 1 fully saturated rings. The first-order valence-corrected chi connectivity index (χ1v) is 8.05. The molecular formula is C10H17N3O2S2. The van der Waals surface area contributed by atoms with E-state index in [4.69, 9.17) is 0 Å². The maximum atomic E-state index is 12.2. The second kappa shape index (κ2) is 5.39. The molecular weight excluding hydrogens is 258 g/mol. The minimum Gasteiger partial charge on any atom is -0.275 e. The lowest BCUT2D eigenvalue weighted by atomic mass is 9.96. The van der Waals surface area contributed by atoms with E-state index in [0.717, 1.165) is 25.7 Å². The van der Waals surface area contributed by atoms with Crippen LogP contribution in [0.5, 0.6) is 0 Å². The second-order valence-electron chi connectivity index (χ2n) is 4.27. The maximum Gasteiger partial charge on any atom is 0.339 e. The second-order valence-corrected chi connectivity index (χ2v) is 6.08. The molecule has 0 bridgehead atoms. The third-order valence-electron chi connectivity index (χ3n) is 3.18. The Balaban J connectivity index is 2.20. The first-order chi connectivity index (χ1) is 8.15. The van der Waals surface area contributed by atoms with E-state index in [1.807, 2.05) is 6.26 Å². The molecule has 5 nitrogen and oxygen atoms in total. The van der Waals surface area contributed by atoms with Crippen LogP contribution < -0.4 is 0 Å². The van der Waals surface area contributed by atoms with Crippen LogP contribution >= 0.6 is 11.8 Å². The Morgan fingerprint density at radius 1 is 1.35 bits per heavy atom. The van der Waals surface area contributed by atoms with Gasteiger partial charge in [-0.25, -0.2) is 13.3 Å². The number of hydrogen-bond donors (Lipinski definition) is 0. The number of carbonyl (C=O) groups is 1. The van der Waals surface area contributed by atoms with E-state index < -0.39 is 11.2 Å². The van der Waals surface area contributed by atoms with Crippen LogP contribution in [0, 0.1) is 0 Å². The topological polar surface area (TPSA) is 53.0 Å². The van der Waals surface area contributed by atoms with Crippen LogP contribution in [0.2, 0.25) is 0 Å². The van der Waals surface area contributed by atoms with Gasteiger partial charge in [0, 0.05) is 13.1 Å². The Kier molecular flexibility index (Phi) is 4.09. The Morgan fingerprint density at radius 3 is 2.59 bits per heavy atom. The highest BCUT2D eigenvalue weighted by Gasteiger charge is 2.37. The fourth-order valence-electron chi connectivity index (χ4n) is 2.24. The van der Waals surface area contributed by atoms with E-state index in [1.54, 1.807) is 7.05 Å². The van der Waals surface area contributed by atoms with Gasteiger partial charge < -0.3 is 0 Å². The average Bonchev–Trinajstić information content (AvgIpc) is 2.35. The van der Waals surface area contributed by atoms with Crippen LogP contribution in [-0.2, 0) is 11.2 Å². The maximum absolute atomic E-state index is 12.2. The summed E-state index contributed by atoms with van der Waals surface area (Å²) in [5.74, 6) is 0. The zero-order valence-corrected chi connectivity index (χ0v) is 11.7. The molecule has 0 aromatic rings.